The van der Waals surface area contributed by atoms with Gasteiger partial charge in [0.05, 0.1) is 4.92 Å². The van der Waals surface area contributed by atoms with Crippen molar-refractivity contribution in [1.82, 2.24) is 0 Å². The highest BCUT2D eigenvalue weighted by atomic mass is 16.6. The van der Waals surface area contributed by atoms with Gasteiger partial charge >= 0.3 is 0 Å². The van der Waals surface area contributed by atoms with Crippen LogP contribution in [0.25, 0.3) is 0 Å². The fraction of sp³-hybridized carbons (Fsp3) is 0.333. The van der Waals surface area contributed by atoms with Gasteiger partial charge in [0.2, 0.25) is 0 Å². The predicted octanol–water partition coefficient (Wildman–Crippen LogP) is 3.49. The number of hydrogen-bond acceptors (Lipinski definition) is 2. The first-order valence-electron chi connectivity index (χ1n) is 5.12. The van der Waals surface area contributed by atoms with Crippen molar-refractivity contribution in [2.45, 2.75) is 26.2 Å². The van der Waals surface area contributed by atoms with Gasteiger partial charge in [0.1, 0.15) is 0 Å². The third-order valence-corrected chi connectivity index (χ3v) is 2.10. The summed E-state index contributed by atoms with van der Waals surface area (Å²) in [5.74, 6) is 0. The van der Waals surface area contributed by atoms with E-state index in [4.69, 9.17) is 0 Å². The van der Waals surface area contributed by atoms with Gasteiger partial charge in [-0.1, -0.05) is 37.6 Å². The topological polar surface area (TPSA) is 43.1 Å². The normalized spacial score (nSPS) is 10.7. The molecular formula is C12H15NO2. The minimum Gasteiger partial charge on any atom is -0.258 e. The van der Waals surface area contributed by atoms with Crippen molar-refractivity contribution in [2.24, 2.45) is 0 Å². The number of non-ortho nitro benzene ring substituents is 1. The summed E-state index contributed by atoms with van der Waals surface area (Å²) in [4.78, 5) is 10.2. The van der Waals surface area contributed by atoms with Crippen molar-refractivity contribution in [1.29, 1.82) is 0 Å². The second kappa shape index (κ2) is 5.96. The van der Waals surface area contributed by atoms with E-state index in [9.17, 15) is 10.1 Å². The quantitative estimate of drug-likeness (QED) is 0.419. The number of rotatable bonds is 5. The van der Waals surface area contributed by atoms with Crippen LogP contribution in [0.2, 0.25) is 0 Å². The summed E-state index contributed by atoms with van der Waals surface area (Å²) in [6.07, 6.45) is 7.13. The largest absolute Gasteiger partial charge is 0.269 e. The van der Waals surface area contributed by atoms with Crippen LogP contribution in [0.3, 0.4) is 0 Å². The van der Waals surface area contributed by atoms with Crippen molar-refractivity contribution in [3.05, 3.63) is 52.1 Å². The zero-order valence-electron chi connectivity index (χ0n) is 8.85. The molecule has 3 heteroatoms. The van der Waals surface area contributed by atoms with E-state index in [1.54, 1.807) is 12.1 Å². The Labute approximate surface area is 89.6 Å². The molecular weight excluding hydrogens is 190 g/mol. The number of allylic oxidation sites excluding steroid dienone is 2. The van der Waals surface area contributed by atoms with Crippen molar-refractivity contribution < 1.29 is 4.92 Å². The van der Waals surface area contributed by atoms with Crippen LogP contribution in [0.4, 0.5) is 5.69 Å². The lowest BCUT2D eigenvalue weighted by Gasteiger charge is -1.96. The van der Waals surface area contributed by atoms with Crippen molar-refractivity contribution in [3.8, 4) is 0 Å². The zero-order chi connectivity index (χ0) is 11.1. The van der Waals surface area contributed by atoms with Crippen LogP contribution in [0.1, 0.15) is 25.3 Å². The molecule has 0 fully saturated rings. The Morgan fingerprint density at radius 2 is 2.20 bits per heavy atom. The molecule has 0 atom stereocenters. The van der Waals surface area contributed by atoms with E-state index in [1.165, 1.54) is 6.07 Å². The molecule has 15 heavy (non-hydrogen) atoms. The minimum atomic E-state index is -0.362. The number of nitro groups is 1. The fourth-order valence-electron chi connectivity index (χ4n) is 1.30. The Kier molecular flexibility index (Phi) is 4.54. The monoisotopic (exact) mass is 205 g/mol. The first-order valence-corrected chi connectivity index (χ1v) is 5.12. The third-order valence-electron chi connectivity index (χ3n) is 2.10. The van der Waals surface area contributed by atoms with Gasteiger partial charge in [-0.15, -0.1) is 0 Å². The molecule has 0 heterocycles. The van der Waals surface area contributed by atoms with Gasteiger partial charge in [-0.25, -0.2) is 0 Å². The second-order valence-corrected chi connectivity index (χ2v) is 3.39. The Balaban J connectivity index is 2.61. The lowest BCUT2D eigenvalue weighted by molar-refractivity contribution is -0.384. The Hall–Kier alpha value is -1.64. The summed E-state index contributed by atoms with van der Waals surface area (Å²) in [5.41, 5.74) is 1.15. The average Bonchev–Trinajstić information content (AvgIpc) is 2.25. The van der Waals surface area contributed by atoms with E-state index in [1.807, 2.05) is 6.07 Å². The van der Waals surface area contributed by atoms with Gasteiger partial charge in [-0.05, 0) is 18.4 Å². The summed E-state index contributed by atoms with van der Waals surface area (Å²) in [6, 6.07) is 6.76. The van der Waals surface area contributed by atoms with E-state index < -0.39 is 0 Å². The number of hydrogen-bond donors (Lipinski definition) is 0. The van der Waals surface area contributed by atoms with E-state index in [2.05, 4.69) is 19.1 Å². The molecule has 0 aliphatic rings. The fourth-order valence-corrected chi connectivity index (χ4v) is 1.30. The lowest BCUT2D eigenvalue weighted by atomic mass is 10.1. The zero-order valence-corrected chi connectivity index (χ0v) is 8.85. The lowest BCUT2D eigenvalue weighted by Crippen LogP contribution is -1.89. The van der Waals surface area contributed by atoms with Gasteiger partial charge in [0, 0.05) is 12.1 Å². The summed E-state index contributed by atoms with van der Waals surface area (Å²) in [7, 11) is 0. The first-order chi connectivity index (χ1) is 7.24. The van der Waals surface area contributed by atoms with Crippen LogP contribution in [-0.2, 0) is 6.42 Å². The molecule has 0 saturated heterocycles. The second-order valence-electron chi connectivity index (χ2n) is 3.39. The van der Waals surface area contributed by atoms with Crippen LogP contribution >= 0.6 is 0 Å². The summed E-state index contributed by atoms with van der Waals surface area (Å²) >= 11 is 0. The number of unbranched alkanes of at least 4 members (excludes halogenated alkanes) is 1. The van der Waals surface area contributed by atoms with Crippen molar-refractivity contribution >= 4 is 5.69 Å². The summed E-state index contributed by atoms with van der Waals surface area (Å²) in [5, 5.41) is 10.5. The van der Waals surface area contributed by atoms with Crippen LogP contribution in [0.15, 0.2) is 36.4 Å². The van der Waals surface area contributed by atoms with Crippen molar-refractivity contribution in [3.63, 3.8) is 0 Å². The predicted molar refractivity (Wildman–Crippen MR) is 60.8 cm³/mol. The molecule has 1 aromatic carbocycles. The molecule has 0 unspecified atom stereocenters. The average molecular weight is 205 g/mol. The molecule has 0 amide bonds. The van der Waals surface area contributed by atoms with Gasteiger partial charge in [-0.2, -0.15) is 0 Å². The highest BCUT2D eigenvalue weighted by molar-refractivity contribution is 5.35. The van der Waals surface area contributed by atoms with Crippen LogP contribution in [0, 0.1) is 10.1 Å². The van der Waals surface area contributed by atoms with E-state index >= 15 is 0 Å². The highest BCUT2D eigenvalue weighted by Crippen LogP contribution is 2.13. The molecule has 1 rings (SSSR count). The Morgan fingerprint density at radius 1 is 1.40 bits per heavy atom. The molecule has 0 aromatic heterocycles. The molecule has 0 aliphatic heterocycles. The van der Waals surface area contributed by atoms with E-state index in [-0.39, 0.29) is 10.6 Å². The molecule has 3 nitrogen and oxygen atoms in total. The minimum absolute atomic E-state index is 0.163. The Bertz CT molecular complexity index is 358. The van der Waals surface area contributed by atoms with Gasteiger partial charge in [-0.3, -0.25) is 10.1 Å². The summed E-state index contributed by atoms with van der Waals surface area (Å²) < 4.78 is 0. The van der Waals surface area contributed by atoms with E-state index in [0.717, 1.165) is 24.8 Å². The number of nitro benzene ring substituents is 1. The molecule has 0 saturated carbocycles. The maximum absolute atomic E-state index is 10.5. The highest BCUT2D eigenvalue weighted by Gasteiger charge is 2.03. The first kappa shape index (κ1) is 11.4. The smallest absolute Gasteiger partial charge is 0.258 e. The van der Waals surface area contributed by atoms with Gasteiger partial charge < -0.3 is 0 Å². The molecule has 0 aliphatic carbocycles. The van der Waals surface area contributed by atoms with Gasteiger partial charge in [0.15, 0.2) is 0 Å². The SMILES string of the molecule is CCCC=CCc1cccc([N+](=O)[O-])c1. The Morgan fingerprint density at radius 3 is 2.87 bits per heavy atom. The molecule has 0 spiro atoms. The molecule has 0 radical (unpaired) electrons. The maximum atomic E-state index is 10.5. The third kappa shape index (κ3) is 3.94. The van der Waals surface area contributed by atoms with Crippen LogP contribution in [0.5, 0.6) is 0 Å². The van der Waals surface area contributed by atoms with Crippen molar-refractivity contribution in [2.75, 3.05) is 0 Å². The number of benzene rings is 1. The van der Waals surface area contributed by atoms with Crippen LogP contribution < -0.4 is 0 Å². The molecule has 0 N–H and O–H groups in total. The van der Waals surface area contributed by atoms with Gasteiger partial charge in [0.25, 0.3) is 5.69 Å². The van der Waals surface area contributed by atoms with E-state index in [0.29, 0.717) is 0 Å². The summed E-state index contributed by atoms with van der Waals surface area (Å²) in [6.45, 7) is 2.12. The number of nitrogens with zero attached hydrogens (tertiary/aromatic N) is 1. The van der Waals surface area contributed by atoms with Crippen LogP contribution in [-0.4, -0.2) is 4.92 Å². The molecule has 80 valence electrons. The molecule has 0 bridgehead atoms. The maximum Gasteiger partial charge on any atom is 0.269 e. The molecule has 1 aromatic rings. The standard InChI is InChI=1S/C12H15NO2/c1-2-3-4-5-7-11-8-6-9-12(10-11)13(14)15/h4-6,8-10H,2-3,7H2,1H3.